The second-order valence-corrected chi connectivity index (χ2v) is 13.2. The Hall–Kier alpha value is -5.67. The van der Waals surface area contributed by atoms with Crippen LogP contribution in [0.3, 0.4) is 0 Å². The van der Waals surface area contributed by atoms with E-state index in [0.29, 0.717) is 11.1 Å². The van der Waals surface area contributed by atoms with Crippen LogP contribution in [-0.4, -0.2) is 69.9 Å². The molecule has 0 unspecified atom stereocenters. The fraction of sp³-hybridized carbons (Fsp3) is 0.289. The molecule has 4 N–H and O–H groups in total. The number of rotatable bonds is 9. The molecule has 0 saturated carbocycles. The van der Waals surface area contributed by atoms with Crippen LogP contribution in [0, 0.1) is 41.5 Å². The number of aliphatic hydroxyl groups is 1. The highest BCUT2D eigenvalue weighted by Gasteiger charge is 2.49. The number of phenols is 2. The summed E-state index contributed by atoms with van der Waals surface area (Å²) in [4.78, 5) is 64.5. The summed E-state index contributed by atoms with van der Waals surface area (Å²) in [5.74, 6) is -7.01. The summed E-state index contributed by atoms with van der Waals surface area (Å²) >= 11 is 3.17. The Labute approximate surface area is 312 Å². The quantitative estimate of drug-likeness (QED) is 0.146. The van der Waals surface area contributed by atoms with E-state index in [4.69, 9.17) is 23.7 Å². The highest BCUT2D eigenvalue weighted by Crippen LogP contribution is 2.45. The minimum absolute atomic E-state index is 0.00245. The first-order valence-electron chi connectivity index (χ1n) is 15.8. The minimum Gasteiger partial charge on any atom is -0.507 e. The third-order valence-electron chi connectivity index (χ3n) is 9.49. The number of carboxylic acids is 1. The van der Waals surface area contributed by atoms with Gasteiger partial charge in [-0.3, -0.25) is 4.79 Å². The van der Waals surface area contributed by atoms with E-state index in [0.717, 1.165) is 6.08 Å². The maximum atomic E-state index is 13.6. The molecule has 0 radical (unpaired) electrons. The van der Waals surface area contributed by atoms with Crippen molar-refractivity contribution in [2.24, 2.45) is 0 Å². The topological polar surface area (TPSA) is 212 Å². The smallest absolute Gasteiger partial charge is 0.356 e. The van der Waals surface area contributed by atoms with E-state index in [9.17, 15) is 44.4 Å². The number of benzene rings is 3. The summed E-state index contributed by atoms with van der Waals surface area (Å²) in [6, 6.07) is 2.57. The van der Waals surface area contributed by atoms with Crippen LogP contribution in [0.4, 0.5) is 0 Å². The molecular weight excluding hydrogens is 760 g/mol. The van der Waals surface area contributed by atoms with Gasteiger partial charge >= 0.3 is 23.9 Å². The fourth-order valence-electron chi connectivity index (χ4n) is 5.81. The minimum atomic E-state index is -2.47. The highest BCUT2D eigenvalue weighted by atomic mass is 79.9. The van der Waals surface area contributed by atoms with Crippen LogP contribution in [0.25, 0.3) is 0 Å². The van der Waals surface area contributed by atoms with Gasteiger partial charge in [-0.15, -0.1) is 0 Å². The summed E-state index contributed by atoms with van der Waals surface area (Å²) in [7, 11) is 2.45. The van der Waals surface area contributed by atoms with Gasteiger partial charge in [-0.25, -0.2) is 19.2 Å². The Balaban J connectivity index is 1.66. The lowest BCUT2D eigenvalue weighted by Crippen LogP contribution is -2.48. The lowest BCUT2D eigenvalue weighted by atomic mass is 9.83. The number of ketones is 1. The van der Waals surface area contributed by atoms with Crippen molar-refractivity contribution in [1.82, 2.24) is 0 Å². The normalized spacial score (nSPS) is 15.5. The molecule has 3 aromatic carbocycles. The van der Waals surface area contributed by atoms with E-state index >= 15 is 0 Å². The van der Waals surface area contributed by atoms with Gasteiger partial charge < -0.3 is 44.1 Å². The van der Waals surface area contributed by atoms with Gasteiger partial charge in [0.2, 0.25) is 5.60 Å². The third-order valence-corrected chi connectivity index (χ3v) is 10.2. The van der Waals surface area contributed by atoms with Crippen molar-refractivity contribution >= 4 is 45.6 Å². The van der Waals surface area contributed by atoms with Gasteiger partial charge in [-0.1, -0.05) is 0 Å². The molecule has 0 aromatic heterocycles. The molecule has 14 nitrogen and oxygen atoms in total. The number of hydrogen-bond donors (Lipinski definition) is 4. The molecule has 1 atom stereocenters. The largest absolute Gasteiger partial charge is 0.507 e. The van der Waals surface area contributed by atoms with Gasteiger partial charge in [-0.2, -0.15) is 0 Å². The second-order valence-electron chi connectivity index (χ2n) is 12.4. The number of carbonyl (C=O) groups excluding carboxylic acids is 4. The first-order valence-corrected chi connectivity index (χ1v) is 16.6. The van der Waals surface area contributed by atoms with Crippen molar-refractivity contribution in [3.8, 4) is 34.5 Å². The number of aryl methyl sites for hydroxylation is 1. The molecule has 1 aliphatic carbocycles. The summed E-state index contributed by atoms with van der Waals surface area (Å²) in [6.07, 6.45) is 0.977. The van der Waals surface area contributed by atoms with Gasteiger partial charge in [0.25, 0.3) is 0 Å². The van der Waals surface area contributed by atoms with Crippen LogP contribution in [0.1, 0.15) is 78.3 Å². The molecule has 1 aliphatic rings. The molecule has 0 aliphatic heterocycles. The number of carboxylic acid groups (broad SMARTS) is 1. The zero-order valence-electron chi connectivity index (χ0n) is 30.5. The maximum absolute atomic E-state index is 13.6. The van der Waals surface area contributed by atoms with Crippen molar-refractivity contribution < 1.29 is 68.1 Å². The molecule has 4 rings (SSSR count). The van der Waals surface area contributed by atoms with Gasteiger partial charge in [0.05, 0.1) is 14.2 Å². The molecule has 3 aromatic rings. The Morgan fingerprint density at radius 3 is 1.77 bits per heavy atom. The maximum Gasteiger partial charge on any atom is 0.356 e. The number of aromatic hydroxyl groups is 2. The van der Waals surface area contributed by atoms with E-state index in [1.54, 1.807) is 6.92 Å². The van der Waals surface area contributed by atoms with Crippen molar-refractivity contribution in [2.75, 3.05) is 14.2 Å². The number of phenolic OH excluding ortho intramolecular Hbond substituents is 2. The van der Waals surface area contributed by atoms with Gasteiger partial charge in [-0.05, 0) is 116 Å². The Bertz CT molecular complexity index is 2180. The second kappa shape index (κ2) is 14.8. The average Bonchev–Trinajstić information content (AvgIpc) is 3.10. The first kappa shape index (κ1) is 40.1. The van der Waals surface area contributed by atoms with Crippen molar-refractivity contribution in [3.05, 3.63) is 89.7 Å². The fourth-order valence-corrected chi connectivity index (χ4v) is 6.39. The number of aromatic carboxylic acids is 1. The lowest BCUT2D eigenvalue weighted by molar-refractivity contribution is -0.151. The Morgan fingerprint density at radius 2 is 1.23 bits per heavy atom. The number of halogens is 1. The Kier molecular flexibility index (Phi) is 11.2. The molecule has 53 heavy (non-hydrogen) atoms. The molecule has 280 valence electrons. The van der Waals surface area contributed by atoms with Crippen LogP contribution in [0.5, 0.6) is 34.5 Å². The third kappa shape index (κ3) is 6.73. The summed E-state index contributed by atoms with van der Waals surface area (Å²) < 4.78 is 26.8. The standard InChI is InChI=1S/C38H37BrO14/c1-14-11-23(20(7)31(41)27(14)35(45)52-24-13-25(49-9)28(34(43)44)16(3)15(24)2)51-36(46)29-17(4)18(5)33(30(39)32(29)42)53-37(47)38(48)21(8)19(6)22(40)12-26(38)50-10/h11-13,41-42,48H,1-10H3,(H,43,44)/t38-/m1/s1. The number of hydrogen-bond acceptors (Lipinski definition) is 13. The zero-order chi connectivity index (χ0) is 40.0. The summed E-state index contributed by atoms with van der Waals surface area (Å²) in [6.45, 7) is 11.7. The molecule has 0 heterocycles. The van der Waals surface area contributed by atoms with Gasteiger partial charge in [0.1, 0.15) is 55.7 Å². The number of carbonyl (C=O) groups is 5. The lowest BCUT2D eigenvalue weighted by Gasteiger charge is -2.32. The number of esters is 3. The summed E-state index contributed by atoms with van der Waals surface area (Å²) in [5, 5.41) is 43.3. The summed E-state index contributed by atoms with van der Waals surface area (Å²) in [5.41, 5.74) is -1.94. The van der Waals surface area contributed by atoms with Crippen molar-refractivity contribution in [2.45, 2.75) is 61.0 Å². The van der Waals surface area contributed by atoms with Crippen LogP contribution < -0.4 is 18.9 Å². The zero-order valence-corrected chi connectivity index (χ0v) is 32.1. The van der Waals surface area contributed by atoms with E-state index in [1.807, 2.05) is 0 Å². The van der Waals surface area contributed by atoms with E-state index in [2.05, 4.69) is 15.9 Å². The molecule has 15 heteroatoms. The molecule has 0 fully saturated rings. The number of allylic oxidation sites excluding steroid dienone is 2. The molecule has 0 spiro atoms. The predicted octanol–water partition coefficient (Wildman–Crippen LogP) is 5.94. The van der Waals surface area contributed by atoms with Gasteiger partial charge in [0.15, 0.2) is 11.5 Å². The first-order chi connectivity index (χ1) is 24.6. The number of ether oxygens (including phenoxy) is 5. The molecule has 0 amide bonds. The van der Waals surface area contributed by atoms with Crippen molar-refractivity contribution in [1.29, 1.82) is 0 Å². The molecule has 0 bridgehead atoms. The van der Waals surface area contributed by atoms with Crippen LogP contribution in [-0.2, 0) is 14.3 Å². The Morgan fingerprint density at radius 1 is 0.679 bits per heavy atom. The van der Waals surface area contributed by atoms with Crippen LogP contribution >= 0.6 is 15.9 Å². The SMILES string of the molecule is COC1=CC(=O)C(C)=C(C)[C@]1(O)C(=O)Oc1c(C)c(C)c(C(=O)Oc2cc(C)c(C(=O)Oc3cc(OC)c(C(=O)O)c(C)c3C)c(O)c2C)c(O)c1Br. The van der Waals surface area contributed by atoms with Crippen LogP contribution in [0.2, 0.25) is 0 Å². The molecule has 0 saturated heterocycles. The highest BCUT2D eigenvalue weighted by molar-refractivity contribution is 9.10. The van der Waals surface area contributed by atoms with E-state index in [1.165, 1.54) is 74.8 Å². The number of methoxy groups -OCH3 is 2. The average molecular weight is 798 g/mol. The monoisotopic (exact) mass is 796 g/mol. The van der Waals surface area contributed by atoms with Crippen LogP contribution in [0.15, 0.2) is 39.6 Å². The molecular formula is C38H37BrO14. The predicted molar refractivity (Wildman–Crippen MR) is 191 cm³/mol. The van der Waals surface area contributed by atoms with E-state index < -0.39 is 46.8 Å². The van der Waals surface area contributed by atoms with Crippen molar-refractivity contribution in [3.63, 3.8) is 0 Å². The van der Waals surface area contributed by atoms with Gasteiger partial charge in [0, 0.05) is 17.7 Å². The van der Waals surface area contributed by atoms with E-state index in [-0.39, 0.29) is 83.3 Å².